The minimum atomic E-state index is -0.932. The van der Waals surface area contributed by atoms with Crippen LogP contribution in [0.25, 0.3) is 0 Å². The van der Waals surface area contributed by atoms with Crippen LogP contribution in [0, 0.1) is 16.0 Å². The maximum absolute atomic E-state index is 13.8. The van der Waals surface area contributed by atoms with Gasteiger partial charge in [-0.2, -0.15) is 0 Å². The molecule has 1 saturated heterocycles. The highest BCUT2D eigenvalue weighted by Crippen LogP contribution is 2.41. The minimum Gasteiger partial charge on any atom is -0.468 e. The van der Waals surface area contributed by atoms with Gasteiger partial charge in [0.2, 0.25) is 0 Å². The van der Waals surface area contributed by atoms with Crippen molar-refractivity contribution in [2.75, 3.05) is 26.7 Å². The van der Waals surface area contributed by atoms with E-state index in [1.54, 1.807) is 26.1 Å². The molecule has 4 rings (SSSR count). The zero-order valence-electron chi connectivity index (χ0n) is 21.1. The molecule has 2 aromatic rings. The molecule has 1 fully saturated rings. The molecule has 3 heterocycles. The van der Waals surface area contributed by atoms with Crippen molar-refractivity contribution < 1.29 is 24.0 Å². The fourth-order valence-corrected chi connectivity index (χ4v) is 5.71. The number of allylic oxidation sites excluding steroid dienone is 1. The number of nitro benzene ring substituents is 1. The van der Waals surface area contributed by atoms with Crippen molar-refractivity contribution in [3.63, 3.8) is 0 Å². The second kappa shape index (κ2) is 11.7. The average molecular weight is 527 g/mol. The van der Waals surface area contributed by atoms with E-state index in [2.05, 4.69) is 14.9 Å². The van der Waals surface area contributed by atoms with Gasteiger partial charge in [0.15, 0.2) is 6.10 Å². The SMILES string of the molecule is COC(=O)C1C(C)=NC(C)=C(C(=O)OC(CN2CCCCC2)c2nccs2)C1c1cccc([N+](=O)[O-])c1. The molecule has 0 saturated carbocycles. The fraction of sp³-hybridized carbons (Fsp3) is 0.462. The van der Waals surface area contributed by atoms with E-state index in [1.165, 1.54) is 43.1 Å². The highest BCUT2D eigenvalue weighted by molar-refractivity contribution is 7.09. The number of methoxy groups -OCH3 is 1. The molecule has 37 heavy (non-hydrogen) atoms. The van der Waals surface area contributed by atoms with Gasteiger partial charge in [0.25, 0.3) is 5.69 Å². The van der Waals surface area contributed by atoms with E-state index >= 15 is 0 Å². The van der Waals surface area contributed by atoms with Gasteiger partial charge in [-0.1, -0.05) is 18.6 Å². The number of aliphatic imine (C=N–C) groups is 1. The molecular weight excluding hydrogens is 496 g/mol. The van der Waals surface area contributed by atoms with E-state index in [4.69, 9.17) is 9.47 Å². The molecule has 2 aliphatic heterocycles. The van der Waals surface area contributed by atoms with Crippen LogP contribution in [-0.4, -0.2) is 59.2 Å². The third-order valence-corrected chi connectivity index (χ3v) is 7.66. The first-order valence-corrected chi connectivity index (χ1v) is 13.1. The van der Waals surface area contributed by atoms with Crippen molar-refractivity contribution in [2.45, 2.75) is 45.1 Å². The number of rotatable bonds is 8. The van der Waals surface area contributed by atoms with Gasteiger partial charge < -0.3 is 9.47 Å². The summed E-state index contributed by atoms with van der Waals surface area (Å²) in [6, 6.07) is 5.95. The van der Waals surface area contributed by atoms with Crippen LogP contribution < -0.4 is 0 Å². The van der Waals surface area contributed by atoms with E-state index in [0.29, 0.717) is 28.5 Å². The average Bonchev–Trinajstić information content (AvgIpc) is 3.43. The van der Waals surface area contributed by atoms with Gasteiger partial charge in [0.1, 0.15) is 10.9 Å². The lowest BCUT2D eigenvalue weighted by Crippen LogP contribution is -2.38. The Kier molecular flexibility index (Phi) is 8.45. The molecule has 3 atom stereocenters. The molecule has 1 aromatic heterocycles. The van der Waals surface area contributed by atoms with Gasteiger partial charge in [-0.15, -0.1) is 11.3 Å². The van der Waals surface area contributed by atoms with Crippen LogP contribution in [0.4, 0.5) is 5.69 Å². The number of carbonyl (C=O) groups is 2. The summed E-state index contributed by atoms with van der Waals surface area (Å²) in [4.78, 5) is 48.9. The molecule has 0 radical (unpaired) electrons. The smallest absolute Gasteiger partial charge is 0.337 e. The van der Waals surface area contributed by atoms with Gasteiger partial charge in [0, 0.05) is 47.6 Å². The predicted octanol–water partition coefficient (Wildman–Crippen LogP) is 4.44. The Bertz CT molecular complexity index is 1220. The lowest BCUT2D eigenvalue weighted by atomic mass is 9.75. The first-order chi connectivity index (χ1) is 17.8. The zero-order valence-corrected chi connectivity index (χ0v) is 21.9. The maximum atomic E-state index is 13.8. The van der Waals surface area contributed by atoms with Gasteiger partial charge in [-0.05, 0) is 45.3 Å². The third kappa shape index (κ3) is 5.94. The number of likely N-dealkylation sites (tertiary alicyclic amines) is 1. The van der Waals surface area contributed by atoms with Crippen molar-refractivity contribution in [2.24, 2.45) is 10.9 Å². The van der Waals surface area contributed by atoms with Crippen molar-refractivity contribution in [1.29, 1.82) is 0 Å². The number of nitrogens with zero attached hydrogens (tertiary/aromatic N) is 4. The van der Waals surface area contributed by atoms with Crippen molar-refractivity contribution in [1.82, 2.24) is 9.88 Å². The number of piperidine rings is 1. The summed E-state index contributed by atoms with van der Waals surface area (Å²) in [7, 11) is 1.26. The quantitative estimate of drug-likeness (QED) is 0.281. The molecule has 0 aliphatic carbocycles. The molecule has 10 nitrogen and oxygen atoms in total. The standard InChI is InChI=1S/C26H30N4O6S/c1-16-21(25(31)35-3)23(18-8-7-9-19(14-18)30(33)34)22(17(2)28-16)26(32)36-20(24-27-10-13-37-24)15-29-11-5-4-6-12-29/h7-10,13-14,20-21,23H,4-6,11-12,15H2,1-3H3. The highest BCUT2D eigenvalue weighted by atomic mass is 32.1. The second-order valence-corrected chi connectivity index (χ2v) is 10.1. The Morgan fingerprint density at radius 3 is 2.65 bits per heavy atom. The van der Waals surface area contributed by atoms with E-state index in [-0.39, 0.29) is 11.3 Å². The van der Waals surface area contributed by atoms with Gasteiger partial charge in [-0.25, -0.2) is 9.78 Å². The molecule has 3 unspecified atom stereocenters. The van der Waals surface area contributed by atoms with Gasteiger partial charge in [-0.3, -0.25) is 24.8 Å². The Morgan fingerprint density at radius 1 is 1.24 bits per heavy atom. The number of hydrogen-bond acceptors (Lipinski definition) is 10. The Hall–Kier alpha value is -3.44. The lowest BCUT2D eigenvalue weighted by molar-refractivity contribution is -0.384. The number of hydrogen-bond donors (Lipinski definition) is 0. The lowest BCUT2D eigenvalue weighted by Gasteiger charge is -2.33. The van der Waals surface area contributed by atoms with Gasteiger partial charge in [0.05, 0.1) is 17.6 Å². The normalized spacial score (nSPS) is 21.2. The monoisotopic (exact) mass is 526 g/mol. The highest BCUT2D eigenvalue weighted by Gasteiger charge is 2.43. The number of benzene rings is 1. The first-order valence-electron chi connectivity index (χ1n) is 12.2. The van der Waals surface area contributed by atoms with E-state index in [9.17, 15) is 19.7 Å². The number of esters is 2. The number of aromatic nitrogens is 1. The molecule has 0 bridgehead atoms. The van der Waals surface area contributed by atoms with Gasteiger partial charge >= 0.3 is 11.9 Å². The number of carbonyl (C=O) groups excluding carboxylic acids is 2. The van der Waals surface area contributed by atoms with Crippen LogP contribution in [-0.2, 0) is 19.1 Å². The first kappa shape index (κ1) is 26.6. The molecule has 196 valence electrons. The van der Waals surface area contributed by atoms with E-state index in [1.807, 2.05) is 5.38 Å². The number of ether oxygens (including phenoxy) is 2. The summed E-state index contributed by atoms with van der Waals surface area (Å²) in [5.74, 6) is -3.00. The molecule has 11 heteroatoms. The van der Waals surface area contributed by atoms with Crippen LogP contribution >= 0.6 is 11.3 Å². The summed E-state index contributed by atoms with van der Waals surface area (Å²) in [5, 5.41) is 14.0. The van der Waals surface area contributed by atoms with E-state index < -0.39 is 34.8 Å². The molecule has 0 spiro atoms. The fourth-order valence-electron chi connectivity index (χ4n) is 5.05. The summed E-state index contributed by atoms with van der Waals surface area (Å²) in [6.07, 6.45) is 4.44. The van der Waals surface area contributed by atoms with Crippen molar-refractivity contribution in [3.8, 4) is 0 Å². The number of non-ortho nitro benzene ring substituents is 1. The van der Waals surface area contributed by atoms with Crippen LogP contribution in [0.5, 0.6) is 0 Å². The third-order valence-electron chi connectivity index (χ3n) is 6.79. The maximum Gasteiger partial charge on any atom is 0.337 e. The molecule has 1 aromatic carbocycles. The van der Waals surface area contributed by atoms with Crippen LogP contribution in [0.2, 0.25) is 0 Å². The molecule has 0 N–H and O–H groups in total. The number of thiazole rings is 1. The molecule has 2 aliphatic rings. The largest absolute Gasteiger partial charge is 0.468 e. The summed E-state index contributed by atoms with van der Waals surface area (Å²) in [6.45, 7) is 5.72. The second-order valence-electron chi connectivity index (χ2n) is 9.21. The Morgan fingerprint density at radius 2 is 2.00 bits per heavy atom. The van der Waals surface area contributed by atoms with Crippen LogP contribution in [0.1, 0.15) is 55.7 Å². The van der Waals surface area contributed by atoms with Crippen LogP contribution in [0.3, 0.4) is 0 Å². The Labute approximate surface area is 219 Å². The summed E-state index contributed by atoms with van der Waals surface area (Å²) in [5.41, 5.74) is 1.34. The minimum absolute atomic E-state index is 0.141. The zero-order chi connectivity index (χ0) is 26.5. The van der Waals surface area contributed by atoms with E-state index in [0.717, 1.165) is 25.9 Å². The van der Waals surface area contributed by atoms with Crippen molar-refractivity contribution >= 4 is 34.7 Å². The summed E-state index contributed by atoms with van der Waals surface area (Å²) >= 11 is 1.41. The topological polar surface area (TPSA) is 124 Å². The summed E-state index contributed by atoms with van der Waals surface area (Å²) < 4.78 is 11.1. The Balaban J connectivity index is 1.73. The predicted molar refractivity (Wildman–Crippen MR) is 138 cm³/mol. The molecule has 0 amide bonds. The van der Waals surface area contributed by atoms with Crippen LogP contribution in [0.15, 0.2) is 52.1 Å². The van der Waals surface area contributed by atoms with Crippen molar-refractivity contribution in [3.05, 3.63) is 67.8 Å². The molecular formula is C26H30N4O6S. The number of nitro groups is 1.